The van der Waals surface area contributed by atoms with Crippen LogP contribution >= 0.6 is 0 Å². The van der Waals surface area contributed by atoms with E-state index < -0.39 is 0 Å². The zero-order valence-corrected chi connectivity index (χ0v) is 22.8. The molecule has 2 aliphatic rings. The first kappa shape index (κ1) is 27.6. The number of amides is 1. The maximum absolute atomic E-state index is 12.9. The van der Waals surface area contributed by atoms with E-state index in [0.717, 1.165) is 32.2 Å². The third kappa shape index (κ3) is 6.89. The van der Waals surface area contributed by atoms with E-state index in [-0.39, 0.29) is 29.9 Å². The lowest BCUT2D eigenvalue weighted by molar-refractivity contribution is -0.164. The molecule has 3 atom stereocenters. The maximum Gasteiger partial charge on any atom is 0.253 e. The van der Waals surface area contributed by atoms with Gasteiger partial charge in [-0.05, 0) is 55.4 Å². The standard InChI is InChI=1S/C30H44N4O3/c1-4-7-8-9-10-11-12-19-34-29(32-27(5-2)37-34)23-13-16-25-22(20-23)14-17-26(25)31-30(36)24-15-18-28(35)33(6-3)21-24/h13,15-16,18,20-21,26-27,29,32H,4-12,14,17,19H2,1-3H3,(H,31,36)/t26-,27?,29?/m1/s1. The van der Waals surface area contributed by atoms with Crippen LogP contribution in [0.2, 0.25) is 0 Å². The molecule has 0 bridgehead atoms. The van der Waals surface area contributed by atoms with Crippen molar-refractivity contribution < 1.29 is 9.63 Å². The second-order valence-electron chi connectivity index (χ2n) is 10.4. The van der Waals surface area contributed by atoms with Crippen LogP contribution in [-0.4, -0.2) is 28.3 Å². The monoisotopic (exact) mass is 508 g/mol. The zero-order chi connectivity index (χ0) is 26.2. The third-order valence-corrected chi connectivity index (χ3v) is 7.70. The van der Waals surface area contributed by atoms with Crippen LogP contribution in [0.1, 0.15) is 118 Å². The molecule has 4 rings (SSSR count). The van der Waals surface area contributed by atoms with Crippen molar-refractivity contribution in [3.05, 3.63) is 69.1 Å². The van der Waals surface area contributed by atoms with E-state index in [4.69, 9.17) is 4.84 Å². The number of rotatable bonds is 13. The highest BCUT2D eigenvalue weighted by molar-refractivity contribution is 5.94. The van der Waals surface area contributed by atoms with Crippen molar-refractivity contribution >= 4 is 5.91 Å². The fourth-order valence-electron chi connectivity index (χ4n) is 5.49. The highest BCUT2D eigenvalue weighted by Gasteiger charge is 2.34. The largest absolute Gasteiger partial charge is 0.345 e. The van der Waals surface area contributed by atoms with E-state index in [9.17, 15) is 9.59 Å². The van der Waals surface area contributed by atoms with Gasteiger partial charge in [-0.1, -0.05) is 70.6 Å². The van der Waals surface area contributed by atoms with Gasteiger partial charge in [-0.15, -0.1) is 0 Å². The Hall–Kier alpha value is -2.48. The summed E-state index contributed by atoms with van der Waals surface area (Å²) in [5, 5.41) is 8.97. The lowest BCUT2D eigenvalue weighted by Gasteiger charge is -2.23. The van der Waals surface area contributed by atoms with E-state index in [1.807, 2.05) is 6.92 Å². The van der Waals surface area contributed by atoms with Crippen molar-refractivity contribution in [3.63, 3.8) is 0 Å². The Balaban J connectivity index is 1.38. The molecule has 1 aliphatic heterocycles. The molecule has 0 saturated carbocycles. The number of carbonyl (C=O) groups is 1. The van der Waals surface area contributed by atoms with E-state index in [0.29, 0.717) is 12.1 Å². The summed E-state index contributed by atoms with van der Waals surface area (Å²) >= 11 is 0. The Bertz CT molecular complexity index is 1100. The Labute approximate surface area is 221 Å². The van der Waals surface area contributed by atoms with E-state index in [2.05, 4.69) is 47.7 Å². The van der Waals surface area contributed by atoms with Crippen LogP contribution in [0, 0.1) is 0 Å². The lowest BCUT2D eigenvalue weighted by Crippen LogP contribution is -2.29. The molecule has 202 valence electrons. The van der Waals surface area contributed by atoms with Gasteiger partial charge in [0.1, 0.15) is 12.4 Å². The molecule has 7 nitrogen and oxygen atoms in total. The second kappa shape index (κ2) is 13.4. The molecule has 0 spiro atoms. The summed E-state index contributed by atoms with van der Waals surface area (Å²) in [6, 6.07) is 9.69. The molecular formula is C30H44N4O3. The SMILES string of the molecule is CCCCCCCCCN1OC(CC)NC1c1ccc2c(c1)CC[C@H]2NC(=O)c1ccc(=O)n(CC)c1. The minimum Gasteiger partial charge on any atom is -0.345 e. The zero-order valence-electron chi connectivity index (χ0n) is 22.8. The van der Waals surface area contributed by atoms with Gasteiger partial charge in [-0.2, -0.15) is 5.06 Å². The van der Waals surface area contributed by atoms with Crippen molar-refractivity contribution in [1.29, 1.82) is 0 Å². The minimum absolute atomic E-state index is 0.0152. The number of hydrogen-bond donors (Lipinski definition) is 2. The molecule has 1 saturated heterocycles. The van der Waals surface area contributed by atoms with Crippen LogP contribution in [0.4, 0.5) is 0 Å². The number of hydrogen-bond acceptors (Lipinski definition) is 5. The van der Waals surface area contributed by atoms with Crippen molar-refractivity contribution in [1.82, 2.24) is 20.3 Å². The Morgan fingerprint density at radius 2 is 1.84 bits per heavy atom. The third-order valence-electron chi connectivity index (χ3n) is 7.70. The number of benzene rings is 1. The van der Waals surface area contributed by atoms with Gasteiger partial charge >= 0.3 is 0 Å². The number of unbranched alkanes of at least 4 members (excludes halogenated alkanes) is 6. The summed E-state index contributed by atoms with van der Waals surface area (Å²) in [5.41, 5.74) is 4.13. The first-order chi connectivity index (χ1) is 18.0. The number of aryl methyl sites for hydroxylation is 2. The summed E-state index contributed by atoms with van der Waals surface area (Å²) in [6.45, 7) is 7.78. The van der Waals surface area contributed by atoms with E-state index in [1.54, 1.807) is 16.8 Å². The van der Waals surface area contributed by atoms with Crippen molar-refractivity contribution in [2.45, 2.75) is 110 Å². The van der Waals surface area contributed by atoms with Crippen molar-refractivity contribution in [3.8, 4) is 0 Å². The maximum atomic E-state index is 12.9. The van der Waals surface area contributed by atoms with Gasteiger partial charge in [0.15, 0.2) is 0 Å². The molecule has 37 heavy (non-hydrogen) atoms. The van der Waals surface area contributed by atoms with Gasteiger partial charge in [0.25, 0.3) is 11.5 Å². The van der Waals surface area contributed by atoms with Crippen LogP contribution in [0.15, 0.2) is 41.3 Å². The molecule has 2 unspecified atom stereocenters. The summed E-state index contributed by atoms with van der Waals surface area (Å²) in [4.78, 5) is 31.0. The fourth-order valence-corrected chi connectivity index (χ4v) is 5.49. The van der Waals surface area contributed by atoms with Gasteiger partial charge in [0.2, 0.25) is 0 Å². The molecule has 2 aromatic rings. The quantitative estimate of drug-likeness (QED) is 0.344. The molecule has 0 radical (unpaired) electrons. The summed E-state index contributed by atoms with van der Waals surface area (Å²) in [6.07, 6.45) is 13.5. The van der Waals surface area contributed by atoms with Gasteiger partial charge in [-0.25, -0.2) is 0 Å². The van der Waals surface area contributed by atoms with Crippen LogP contribution in [0.25, 0.3) is 0 Å². The lowest BCUT2D eigenvalue weighted by atomic mass is 10.0. The number of fused-ring (bicyclic) bond motifs is 1. The summed E-state index contributed by atoms with van der Waals surface area (Å²) in [5.74, 6) is -0.137. The normalized spacial score (nSPS) is 21.3. The molecular weight excluding hydrogens is 464 g/mol. The first-order valence-electron chi connectivity index (χ1n) is 14.4. The fraction of sp³-hybridized carbons (Fsp3) is 0.600. The highest BCUT2D eigenvalue weighted by atomic mass is 16.7. The Morgan fingerprint density at radius 3 is 2.59 bits per heavy atom. The van der Waals surface area contributed by atoms with Gasteiger partial charge in [0, 0.05) is 25.4 Å². The molecule has 1 amide bonds. The smallest absolute Gasteiger partial charge is 0.253 e. The second-order valence-corrected chi connectivity index (χ2v) is 10.4. The number of aromatic nitrogens is 1. The molecule has 1 aromatic heterocycles. The van der Waals surface area contributed by atoms with Crippen molar-refractivity contribution in [2.24, 2.45) is 0 Å². The Kier molecular flexibility index (Phi) is 9.95. The van der Waals surface area contributed by atoms with E-state index >= 15 is 0 Å². The van der Waals surface area contributed by atoms with Crippen LogP contribution < -0.4 is 16.2 Å². The summed E-state index contributed by atoms with van der Waals surface area (Å²) in [7, 11) is 0. The van der Waals surface area contributed by atoms with Gasteiger partial charge in [0.05, 0.1) is 11.6 Å². The van der Waals surface area contributed by atoms with Crippen LogP contribution in [-0.2, 0) is 17.8 Å². The number of pyridine rings is 1. The average molecular weight is 509 g/mol. The molecule has 7 heteroatoms. The molecule has 2 heterocycles. The predicted molar refractivity (Wildman–Crippen MR) is 147 cm³/mol. The predicted octanol–water partition coefficient (Wildman–Crippen LogP) is 5.61. The molecule has 2 N–H and O–H groups in total. The van der Waals surface area contributed by atoms with Crippen LogP contribution in [0.3, 0.4) is 0 Å². The van der Waals surface area contributed by atoms with Crippen molar-refractivity contribution in [2.75, 3.05) is 6.54 Å². The number of hydroxylamine groups is 2. The number of nitrogens with zero attached hydrogens (tertiary/aromatic N) is 2. The van der Waals surface area contributed by atoms with Gasteiger partial charge < -0.3 is 9.88 Å². The summed E-state index contributed by atoms with van der Waals surface area (Å²) < 4.78 is 1.56. The Morgan fingerprint density at radius 1 is 1.05 bits per heavy atom. The number of carbonyl (C=O) groups excluding carboxylic acids is 1. The topological polar surface area (TPSA) is 75.6 Å². The molecule has 1 aliphatic carbocycles. The average Bonchev–Trinajstić information content (AvgIpc) is 3.52. The molecule has 1 aromatic carbocycles. The first-order valence-corrected chi connectivity index (χ1v) is 14.4. The highest BCUT2D eigenvalue weighted by Crippen LogP contribution is 2.35. The number of nitrogens with one attached hydrogen (secondary N) is 2. The van der Waals surface area contributed by atoms with Gasteiger partial charge in [-0.3, -0.25) is 19.7 Å². The van der Waals surface area contributed by atoms with Crippen LogP contribution in [0.5, 0.6) is 0 Å². The molecule has 1 fully saturated rings. The minimum atomic E-state index is -0.137. The van der Waals surface area contributed by atoms with E-state index in [1.165, 1.54) is 61.3 Å².